The van der Waals surface area contributed by atoms with Crippen LogP contribution in [0.5, 0.6) is 0 Å². The second kappa shape index (κ2) is 15.7. The van der Waals surface area contributed by atoms with E-state index in [2.05, 4.69) is 38.1 Å². The number of aliphatic hydroxyl groups is 1. The first kappa shape index (κ1) is 29.0. The van der Waals surface area contributed by atoms with E-state index in [4.69, 9.17) is 5.73 Å². The van der Waals surface area contributed by atoms with Gasteiger partial charge in [0.15, 0.2) is 0 Å². The largest absolute Gasteiger partial charge is 0.396 e. The predicted octanol–water partition coefficient (Wildman–Crippen LogP) is 6.99. The van der Waals surface area contributed by atoms with Crippen LogP contribution in [0.4, 0.5) is 0 Å². The Hall–Kier alpha value is -1.25. The van der Waals surface area contributed by atoms with Crippen LogP contribution in [0, 0.1) is 57.7 Å². The van der Waals surface area contributed by atoms with Gasteiger partial charge in [-0.1, -0.05) is 102 Å². The molecule has 8 unspecified atom stereocenters. The van der Waals surface area contributed by atoms with Crippen LogP contribution in [-0.2, 0) is 0 Å². The molecular weight excluding hydrogens is 422 g/mol. The first-order chi connectivity index (χ1) is 16.5. The van der Waals surface area contributed by atoms with Crippen molar-refractivity contribution in [2.75, 3.05) is 6.61 Å². The Balaban J connectivity index is 1.63. The predicted molar refractivity (Wildman–Crippen MR) is 141 cm³/mol. The molecule has 0 aromatic heterocycles. The van der Waals surface area contributed by atoms with Crippen LogP contribution in [0.15, 0.2) is 17.3 Å². The Labute approximate surface area is 208 Å². The van der Waals surface area contributed by atoms with Crippen LogP contribution in [0.2, 0.25) is 0 Å². The molecular formula is C29H51N3O2. The number of nitriles is 1. The third kappa shape index (κ3) is 8.16. The molecule has 0 aliphatic heterocycles. The van der Waals surface area contributed by atoms with Crippen molar-refractivity contribution >= 4 is 0 Å². The maximum Gasteiger partial charge on any atom is 0.125 e. The Morgan fingerprint density at radius 1 is 0.941 bits per heavy atom. The summed E-state index contributed by atoms with van der Waals surface area (Å²) < 4.78 is 0. The van der Waals surface area contributed by atoms with Crippen LogP contribution < -0.4 is 5.73 Å². The van der Waals surface area contributed by atoms with Crippen molar-refractivity contribution in [3.63, 3.8) is 0 Å². The highest BCUT2D eigenvalue weighted by Gasteiger charge is 2.63. The summed E-state index contributed by atoms with van der Waals surface area (Å²) in [4.78, 5) is 11.5. The number of hydrogen-bond donors (Lipinski definition) is 2. The van der Waals surface area contributed by atoms with Gasteiger partial charge < -0.3 is 10.8 Å². The number of aliphatic hydroxyl groups excluding tert-OH is 1. The van der Waals surface area contributed by atoms with Gasteiger partial charge in [0, 0.05) is 12.6 Å². The number of allylic oxidation sites excluding steroid dienone is 1. The van der Waals surface area contributed by atoms with E-state index in [0.717, 1.165) is 19.3 Å². The number of nitroso groups, excluding NO2 is 1. The second-order valence-electron chi connectivity index (χ2n) is 11.3. The molecule has 2 saturated carbocycles. The van der Waals surface area contributed by atoms with Crippen molar-refractivity contribution in [3.05, 3.63) is 17.1 Å². The van der Waals surface area contributed by atoms with E-state index >= 15 is 0 Å². The summed E-state index contributed by atoms with van der Waals surface area (Å²) >= 11 is 0. The SMILES string of the molecule is CCCCCCCCCCCCC/C=C/C(N=O)C(N)CC1C2C(C#N)C(C)[C@@H](CO)C(C)C12. The molecule has 9 atom stereocenters. The molecule has 5 nitrogen and oxygen atoms in total. The summed E-state index contributed by atoms with van der Waals surface area (Å²) in [6.07, 6.45) is 20.4. The summed E-state index contributed by atoms with van der Waals surface area (Å²) in [6, 6.07) is 1.72. The van der Waals surface area contributed by atoms with Gasteiger partial charge in [0.05, 0.1) is 12.0 Å². The van der Waals surface area contributed by atoms with Crippen molar-refractivity contribution < 1.29 is 5.11 Å². The summed E-state index contributed by atoms with van der Waals surface area (Å²) in [6.45, 7) is 6.71. The average molecular weight is 474 g/mol. The van der Waals surface area contributed by atoms with Crippen LogP contribution in [-0.4, -0.2) is 23.8 Å². The number of hydrogen-bond acceptors (Lipinski definition) is 5. The van der Waals surface area contributed by atoms with Crippen LogP contribution in [0.3, 0.4) is 0 Å². The van der Waals surface area contributed by atoms with E-state index in [1.54, 1.807) is 0 Å². The van der Waals surface area contributed by atoms with E-state index in [-0.39, 0.29) is 30.4 Å². The summed E-state index contributed by atoms with van der Waals surface area (Å²) in [5.41, 5.74) is 6.43. The average Bonchev–Trinajstić information content (AvgIpc) is 3.53. The topological polar surface area (TPSA) is 99.5 Å². The lowest BCUT2D eigenvalue weighted by Gasteiger charge is -2.35. The van der Waals surface area contributed by atoms with E-state index in [0.29, 0.717) is 23.7 Å². The fourth-order valence-corrected chi connectivity index (χ4v) is 6.78. The molecule has 2 rings (SSSR count). The quantitative estimate of drug-likeness (QED) is 0.127. The molecule has 0 heterocycles. The number of fused-ring (bicyclic) bond motifs is 1. The monoisotopic (exact) mass is 473 g/mol. The summed E-state index contributed by atoms with van der Waals surface area (Å²) in [5, 5.41) is 22.9. The molecule has 5 heteroatoms. The normalized spacial score (nSPS) is 32.2. The minimum Gasteiger partial charge on any atom is -0.396 e. The molecule has 2 aliphatic rings. The number of nitrogens with zero attached hydrogens (tertiary/aromatic N) is 2. The Bertz CT molecular complexity index is 646. The Morgan fingerprint density at radius 3 is 2.06 bits per heavy atom. The molecule has 0 bridgehead atoms. The summed E-state index contributed by atoms with van der Waals surface area (Å²) in [7, 11) is 0. The van der Waals surface area contributed by atoms with E-state index in [1.807, 2.05) is 6.08 Å². The zero-order chi connectivity index (χ0) is 24.9. The first-order valence-corrected chi connectivity index (χ1v) is 14.3. The first-order valence-electron chi connectivity index (χ1n) is 14.3. The highest BCUT2D eigenvalue weighted by Crippen LogP contribution is 2.64. The minimum atomic E-state index is -0.489. The molecule has 0 saturated heterocycles. The molecule has 0 spiro atoms. The third-order valence-corrected chi connectivity index (χ3v) is 9.00. The molecule has 34 heavy (non-hydrogen) atoms. The van der Waals surface area contributed by atoms with Gasteiger partial charge in [0.2, 0.25) is 0 Å². The van der Waals surface area contributed by atoms with Crippen molar-refractivity contribution in [3.8, 4) is 6.07 Å². The van der Waals surface area contributed by atoms with Gasteiger partial charge >= 0.3 is 0 Å². The molecule has 3 N–H and O–H groups in total. The van der Waals surface area contributed by atoms with Gasteiger partial charge in [0.1, 0.15) is 6.04 Å². The van der Waals surface area contributed by atoms with E-state index in [9.17, 15) is 15.3 Å². The molecule has 194 valence electrons. The number of nitrogens with two attached hydrogens (primary N) is 1. The Morgan fingerprint density at radius 2 is 1.53 bits per heavy atom. The van der Waals surface area contributed by atoms with Gasteiger partial charge in [-0.05, 0) is 54.8 Å². The van der Waals surface area contributed by atoms with Crippen LogP contribution >= 0.6 is 0 Å². The van der Waals surface area contributed by atoms with Crippen molar-refractivity contribution in [2.24, 2.45) is 52.3 Å². The van der Waals surface area contributed by atoms with E-state index < -0.39 is 6.04 Å². The lowest BCUT2D eigenvalue weighted by atomic mass is 9.69. The maximum atomic E-state index is 11.5. The smallest absolute Gasteiger partial charge is 0.125 e. The van der Waals surface area contributed by atoms with Crippen molar-refractivity contribution in [2.45, 2.75) is 116 Å². The zero-order valence-corrected chi connectivity index (χ0v) is 22.1. The molecule has 2 fully saturated rings. The van der Waals surface area contributed by atoms with Gasteiger partial charge in [-0.3, -0.25) is 0 Å². The molecule has 0 amide bonds. The Kier molecular flexibility index (Phi) is 13.4. The number of unbranched alkanes of at least 4 members (excludes halogenated alkanes) is 11. The fraction of sp³-hybridized carbons (Fsp3) is 0.897. The molecule has 0 aromatic carbocycles. The van der Waals surface area contributed by atoms with E-state index in [1.165, 1.54) is 64.2 Å². The van der Waals surface area contributed by atoms with Gasteiger partial charge in [0.25, 0.3) is 0 Å². The fourth-order valence-electron chi connectivity index (χ4n) is 6.78. The lowest BCUT2D eigenvalue weighted by Crippen LogP contribution is -2.35. The number of rotatable bonds is 18. The standard InChI is InChI=1S/C29H51N3O2/c1-4-5-6-7-8-9-10-11-12-13-14-15-16-17-27(32-34)26(31)18-23-28-22(3)25(20-33)21(2)24(19-30)29(23)28/h16-17,21-29,33H,4-15,18,20,31H2,1-3H3/b17-16+/t21?,22?,23?,24?,25-,26?,27?,28?,29?/m1/s1. The van der Waals surface area contributed by atoms with Crippen molar-refractivity contribution in [1.82, 2.24) is 0 Å². The molecule has 2 aliphatic carbocycles. The second-order valence-corrected chi connectivity index (χ2v) is 11.3. The zero-order valence-electron chi connectivity index (χ0n) is 22.1. The van der Waals surface area contributed by atoms with Gasteiger partial charge in [-0.15, -0.1) is 0 Å². The maximum absolute atomic E-state index is 11.5. The third-order valence-electron chi connectivity index (χ3n) is 9.00. The molecule has 0 aromatic rings. The minimum absolute atomic E-state index is 0.0187. The highest BCUT2D eigenvalue weighted by molar-refractivity contribution is 5.15. The molecule has 0 radical (unpaired) electrons. The lowest BCUT2D eigenvalue weighted by molar-refractivity contribution is 0.0684. The highest BCUT2D eigenvalue weighted by atomic mass is 16.3. The van der Waals surface area contributed by atoms with Crippen LogP contribution in [0.25, 0.3) is 0 Å². The van der Waals surface area contributed by atoms with Crippen molar-refractivity contribution in [1.29, 1.82) is 5.26 Å². The van der Waals surface area contributed by atoms with Gasteiger partial charge in [-0.25, -0.2) is 0 Å². The van der Waals surface area contributed by atoms with Crippen LogP contribution in [0.1, 0.15) is 104 Å². The van der Waals surface area contributed by atoms with Gasteiger partial charge in [-0.2, -0.15) is 10.2 Å². The summed E-state index contributed by atoms with van der Waals surface area (Å²) in [5.74, 6) is 1.93.